The minimum atomic E-state index is -1.42. The van der Waals surface area contributed by atoms with Crippen molar-refractivity contribution in [3.05, 3.63) is 12.7 Å². The maximum Gasteiger partial charge on any atom is 0.183 e. The molecule has 0 unspecified atom stereocenters. The number of ether oxygens (including phenoxy) is 5. The Kier molecular flexibility index (Phi) is 16.4. The molecule has 0 heterocycles. The second-order valence-electron chi connectivity index (χ2n) is 5.77. The van der Waals surface area contributed by atoms with Crippen LogP contribution in [0.25, 0.3) is 0 Å². The van der Waals surface area contributed by atoms with Crippen LogP contribution in [0.15, 0.2) is 12.7 Å². The van der Waals surface area contributed by atoms with Crippen molar-refractivity contribution in [3.63, 3.8) is 0 Å². The first kappa shape index (κ1) is 22.7. The molecule has 7 heteroatoms. The molecule has 0 aliphatic heterocycles. The SMILES string of the molecule is C=CCOCCOCCOCCOCCOCCO[Si](C)(C)C. The Balaban J connectivity index is 3.01. The molecule has 0 aromatic rings. The van der Waals surface area contributed by atoms with E-state index in [1.165, 1.54) is 0 Å². The van der Waals surface area contributed by atoms with Crippen molar-refractivity contribution < 1.29 is 28.1 Å². The summed E-state index contributed by atoms with van der Waals surface area (Å²) in [6.45, 7) is 16.5. The van der Waals surface area contributed by atoms with Crippen LogP contribution in [-0.4, -0.2) is 81.0 Å². The first-order valence-electron chi connectivity index (χ1n) is 8.20. The highest BCUT2D eigenvalue weighted by atomic mass is 28.4. The van der Waals surface area contributed by atoms with Crippen LogP contribution < -0.4 is 0 Å². The Bertz CT molecular complexity index is 257. The highest BCUT2D eigenvalue weighted by Crippen LogP contribution is 2.01. The van der Waals surface area contributed by atoms with E-state index >= 15 is 0 Å². The lowest BCUT2D eigenvalue weighted by atomic mass is 10.6. The van der Waals surface area contributed by atoms with E-state index in [0.29, 0.717) is 72.7 Å². The molecule has 0 atom stereocenters. The van der Waals surface area contributed by atoms with Gasteiger partial charge in [-0.25, -0.2) is 0 Å². The fraction of sp³-hybridized carbons (Fsp3) is 0.875. The van der Waals surface area contributed by atoms with Crippen molar-refractivity contribution >= 4 is 8.32 Å². The highest BCUT2D eigenvalue weighted by molar-refractivity contribution is 6.69. The average Bonchev–Trinajstić information content (AvgIpc) is 2.49. The van der Waals surface area contributed by atoms with Crippen molar-refractivity contribution in [2.75, 3.05) is 72.7 Å². The van der Waals surface area contributed by atoms with E-state index in [0.717, 1.165) is 0 Å². The van der Waals surface area contributed by atoms with Crippen LogP contribution in [0.2, 0.25) is 19.6 Å². The van der Waals surface area contributed by atoms with E-state index in [9.17, 15) is 0 Å². The summed E-state index contributed by atoms with van der Waals surface area (Å²) < 4.78 is 32.4. The second-order valence-corrected chi connectivity index (χ2v) is 10.3. The minimum absolute atomic E-state index is 0.562. The molecule has 0 aliphatic carbocycles. The number of hydrogen-bond donors (Lipinski definition) is 0. The van der Waals surface area contributed by atoms with E-state index in [1.54, 1.807) is 6.08 Å². The summed E-state index contributed by atoms with van der Waals surface area (Å²) >= 11 is 0. The molecule has 0 fully saturated rings. The van der Waals surface area contributed by atoms with E-state index in [-0.39, 0.29) is 0 Å². The lowest BCUT2D eigenvalue weighted by molar-refractivity contribution is -0.0114. The molecule has 0 saturated heterocycles. The summed E-state index contributed by atoms with van der Waals surface area (Å²) in [5.41, 5.74) is 0. The van der Waals surface area contributed by atoms with Crippen LogP contribution in [-0.2, 0) is 28.1 Å². The molecule has 23 heavy (non-hydrogen) atoms. The molecule has 0 rings (SSSR count). The lowest BCUT2D eigenvalue weighted by Gasteiger charge is -2.16. The molecule has 0 bridgehead atoms. The Morgan fingerprint density at radius 3 is 1.30 bits per heavy atom. The molecule has 0 N–H and O–H groups in total. The topological polar surface area (TPSA) is 55.4 Å². The maximum absolute atomic E-state index is 5.68. The van der Waals surface area contributed by atoms with Crippen LogP contribution in [0.5, 0.6) is 0 Å². The van der Waals surface area contributed by atoms with Gasteiger partial charge in [-0.15, -0.1) is 6.58 Å². The fourth-order valence-electron chi connectivity index (χ4n) is 1.45. The van der Waals surface area contributed by atoms with Gasteiger partial charge in [0.15, 0.2) is 8.32 Å². The quantitative estimate of drug-likeness (QED) is 0.214. The molecule has 0 aromatic carbocycles. The van der Waals surface area contributed by atoms with Crippen molar-refractivity contribution in [1.29, 1.82) is 0 Å². The third kappa shape index (κ3) is 21.7. The monoisotopic (exact) mass is 350 g/mol. The lowest BCUT2D eigenvalue weighted by Crippen LogP contribution is -2.27. The molecule has 6 nitrogen and oxygen atoms in total. The van der Waals surface area contributed by atoms with Gasteiger partial charge < -0.3 is 28.1 Å². The summed E-state index contributed by atoms with van der Waals surface area (Å²) in [6, 6.07) is 0. The summed E-state index contributed by atoms with van der Waals surface area (Å²) in [5.74, 6) is 0. The Hall–Kier alpha value is -0.283. The fourth-order valence-corrected chi connectivity index (χ4v) is 2.15. The molecule has 0 spiro atoms. The molecule has 138 valence electrons. The summed E-state index contributed by atoms with van der Waals surface area (Å²) in [6.07, 6.45) is 1.72. The zero-order valence-corrected chi connectivity index (χ0v) is 16.0. The van der Waals surface area contributed by atoms with Gasteiger partial charge in [-0.1, -0.05) is 6.08 Å². The Labute approximate surface area is 142 Å². The summed E-state index contributed by atoms with van der Waals surface area (Å²) in [4.78, 5) is 0. The summed E-state index contributed by atoms with van der Waals surface area (Å²) in [5, 5.41) is 0. The van der Waals surface area contributed by atoms with Gasteiger partial charge in [0.2, 0.25) is 0 Å². The van der Waals surface area contributed by atoms with Gasteiger partial charge in [0, 0.05) is 0 Å². The third-order valence-electron chi connectivity index (χ3n) is 2.49. The van der Waals surface area contributed by atoms with Crippen LogP contribution in [0.1, 0.15) is 0 Å². The van der Waals surface area contributed by atoms with Gasteiger partial charge in [-0.05, 0) is 19.6 Å². The normalized spacial score (nSPS) is 11.8. The van der Waals surface area contributed by atoms with Gasteiger partial charge in [-0.2, -0.15) is 0 Å². The molecule has 0 radical (unpaired) electrons. The molecular formula is C16H34O6Si. The van der Waals surface area contributed by atoms with Crippen LogP contribution in [0, 0.1) is 0 Å². The zero-order chi connectivity index (χ0) is 17.2. The predicted molar refractivity (Wildman–Crippen MR) is 93.6 cm³/mol. The summed E-state index contributed by atoms with van der Waals surface area (Å²) in [7, 11) is -1.42. The largest absolute Gasteiger partial charge is 0.415 e. The number of hydrogen-bond acceptors (Lipinski definition) is 6. The molecular weight excluding hydrogens is 316 g/mol. The smallest absolute Gasteiger partial charge is 0.183 e. The predicted octanol–water partition coefficient (Wildman–Crippen LogP) is 2.11. The molecule has 0 amide bonds. The van der Waals surface area contributed by atoms with Crippen molar-refractivity contribution in [2.45, 2.75) is 19.6 Å². The van der Waals surface area contributed by atoms with Crippen LogP contribution >= 0.6 is 0 Å². The highest BCUT2D eigenvalue weighted by Gasteiger charge is 2.12. The Morgan fingerprint density at radius 2 is 0.957 bits per heavy atom. The van der Waals surface area contributed by atoms with Crippen molar-refractivity contribution in [3.8, 4) is 0 Å². The van der Waals surface area contributed by atoms with Gasteiger partial charge in [0.1, 0.15) is 0 Å². The standard InChI is InChI=1S/C16H34O6Si/c1-5-6-17-7-8-18-9-10-19-11-12-20-13-14-21-15-16-22-23(2,3)4/h5H,1,6-16H2,2-4H3. The third-order valence-corrected chi connectivity index (χ3v) is 3.56. The average molecular weight is 351 g/mol. The van der Waals surface area contributed by atoms with E-state index < -0.39 is 8.32 Å². The van der Waals surface area contributed by atoms with E-state index in [2.05, 4.69) is 26.2 Å². The van der Waals surface area contributed by atoms with Gasteiger partial charge in [0.05, 0.1) is 72.7 Å². The van der Waals surface area contributed by atoms with E-state index in [1.807, 2.05) is 0 Å². The first-order chi connectivity index (χ1) is 11.1. The van der Waals surface area contributed by atoms with Crippen molar-refractivity contribution in [2.24, 2.45) is 0 Å². The van der Waals surface area contributed by atoms with Crippen LogP contribution in [0.4, 0.5) is 0 Å². The Morgan fingerprint density at radius 1 is 0.609 bits per heavy atom. The zero-order valence-electron chi connectivity index (χ0n) is 15.0. The van der Waals surface area contributed by atoms with Crippen molar-refractivity contribution in [1.82, 2.24) is 0 Å². The number of rotatable bonds is 18. The van der Waals surface area contributed by atoms with Gasteiger partial charge in [-0.3, -0.25) is 0 Å². The first-order valence-corrected chi connectivity index (χ1v) is 11.6. The maximum atomic E-state index is 5.68. The molecule has 0 saturated carbocycles. The molecule has 0 aromatic heterocycles. The van der Waals surface area contributed by atoms with E-state index in [4.69, 9.17) is 28.1 Å². The molecule has 0 aliphatic rings. The van der Waals surface area contributed by atoms with Gasteiger partial charge in [0.25, 0.3) is 0 Å². The minimum Gasteiger partial charge on any atom is -0.415 e. The van der Waals surface area contributed by atoms with Crippen LogP contribution in [0.3, 0.4) is 0 Å². The van der Waals surface area contributed by atoms with Gasteiger partial charge >= 0.3 is 0 Å². The second kappa shape index (κ2) is 16.6.